The van der Waals surface area contributed by atoms with Crippen molar-refractivity contribution in [3.05, 3.63) is 42.5 Å². The van der Waals surface area contributed by atoms with E-state index in [-0.39, 0.29) is 10.8 Å². The number of aromatic nitrogens is 2. The standard InChI is InChI=1S/C17H17N3O4S/c1-23-11-8-9-15(24-2)14(10-11)19-16-17(25(3,21)22)20-13-7-5-4-6-12(13)18-16/h4-10H,1-3H3,(H,18,19). The largest absolute Gasteiger partial charge is 0.497 e. The maximum Gasteiger partial charge on any atom is 0.198 e. The fraction of sp³-hybridized carbons (Fsp3) is 0.176. The number of benzene rings is 2. The zero-order chi connectivity index (χ0) is 18.0. The Morgan fingerprint density at radius 1 is 0.960 bits per heavy atom. The van der Waals surface area contributed by atoms with Gasteiger partial charge in [-0.3, -0.25) is 0 Å². The van der Waals surface area contributed by atoms with Crippen molar-refractivity contribution in [3.8, 4) is 11.5 Å². The fourth-order valence-corrected chi connectivity index (χ4v) is 3.08. The first-order valence-corrected chi connectivity index (χ1v) is 9.27. The van der Waals surface area contributed by atoms with Gasteiger partial charge >= 0.3 is 0 Å². The second kappa shape index (κ2) is 6.56. The number of sulfone groups is 1. The van der Waals surface area contributed by atoms with Crippen LogP contribution in [0.15, 0.2) is 47.5 Å². The normalized spacial score (nSPS) is 11.3. The maximum atomic E-state index is 12.2. The summed E-state index contributed by atoms with van der Waals surface area (Å²) >= 11 is 0. The topological polar surface area (TPSA) is 90.4 Å². The number of nitrogens with zero attached hydrogens (tertiary/aromatic N) is 2. The first kappa shape index (κ1) is 17.0. The van der Waals surface area contributed by atoms with E-state index in [0.717, 1.165) is 6.26 Å². The molecule has 0 aliphatic heterocycles. The van der Waals surface area contributed by atoms with Crippen molar-refractivity contribution in [2.24, 2.45) is 0 Å². The molecule has 1 heterocycles. The van der Waals surface area contributed by atoms with Crippen molar-refractivity contribution in [1.82, 2.24) is 9.97 Å². The minimum Gasteiger partial charge on any atom is -0.497 e. The van der Waals surface area contributed by atoms with Crippen LogP contribution in [0.25, 0.3) is 11.0 Å². The second-order valence-electron chi connectivity index (χ2n) is 5.33. The molecule has 0 atom stereocenters. The van der Waals surface area contributed by atoms with Crippen LogP contribution in [0.1, 0.15) is 0 Å². The van der Waals surface area contributed by atoms with Crippen molar-refractivity contribution < 1.29 is 17.9 Å². The fourth-order valence-electron chi connectivity index (χ4n) is 2.36. The maximum absolute atomic E-state index is 12.2. The summed E-state index contributed by atoms with van der Waals surface area (Å²) in [6.45, 7) is 0. The molecule has 7 nitrogen and oxygen atoms in total. The molecule has 8 heteroatoms. The first-order valence-electron chi connectivity index (χ1n) is 7.38. The van der Waals surface area contributed by atoms with Crippen LogP contribution < -0.4 is 14.8 Å². The number of anilines is 2. The van der Waals surface area contributed by atoms with Gasteiger partial charge in [-0.1, -0.05) is 12.1 Å². The zero-order valence-corrected chi connectivity index (χ0v) is 14.8. The molecule has 0 spiro atoms. The van der Waals surface area contributed by atoms with Gasteiger partial charge in [0.15, 0.2) is 20.7 Å². The first-order chi connectivity index (χ1) is 11.9. The van der Waals surface area contributed by atoms with Gasteiger partial charge in [-0.25, -0.2) is 18.4 Å². The average Bonchev–Trinajstić information content (AvgIpc) is 2.60. The molecule has 3 rings (SSSR count). The molecule has 130 valence electrons. The molecule has 0 fully saturated rings. The summed E-state index contributed by atoms with van der Waals surface area (Å²) in [7, 11) is -0.519. The Hall–Kier alpha value is -2.87. The minimum atomic E-state index is -3.59. The van der Waals surface area contributed by atoms with E-state index >= 15 is 0 Å². The summed E-state index contributed by atoms with van der Waals surface area (Å²) in [5.74, 6) is 1.25. The Morgan fingerprint density at radius 2 is 1.64 bits per heavy atom. The van der Waals surface area contributed by atoms with Crippen LogP contribution in [-0.2, 0) is 9.84 Å². The third-order valence-electron chi connectivity index (χ3n) is 3.55. The number of ether oxygens (including phenoxy) is 2. The van der Waals surface area contributed by atoms with Gasteiger partial charge in [0, 0.05) is 12.3 Å². The Kier molecular flexibility index (Phi) is 4.45. The van der Waals surface area contributed by atoms with E-state index in [4.69, 9.17) is 9.47 Å². The SMILES string of the molecule is COc1ccc(OC)c(Nc2nc3ccccc3nc2S(C)(=O)=O)c1. The summed E-state index contributed by atoms with van der Waals surface area (Å²) in [5.41, 5.74) is 1.61. The monoisotopic (exact) mass is 359 g/mol. The van der Waals surface area contributed by atoms with E-state index in [2.05, 4.69) is 15.3 Å². The number of rotatable bonds is 5. The molecule has 0 aliphatic rings. The lowest BCUT2D eigenvalue weighted by molar-refractivity contribution is 0.405. The van der Waals surface area contributed by atoms with Gasteiger partial charge in [0.05, 0.1) is 30.9 Å². The van der Waals surface area contributed by atoms with Gasteiger partial charge in [0.1, 0.15) is 11.5 Å². The van der Waals surface area contributed by atoms with Crippen LogP contribution in [0.5, 0.6) is 11.5 Å². The predicted octanol–water partition coefficient (Wildman–Crippen LogP) is 2.79. The molecular weight excluding hydrogens is 342 g/mol. The van der Waals surface area contributed by atoms with Crippen molar-refractivity contribution >= 4 is 32.4 Å². The molecule has 0 unspecified atom stereocenters. The summed E-state index contributed by atoms with van der Waals surface area (Å²) in [6, 6.07) is 12.2. The lowest BCUT2D eigenvalue weighted by Crippen LogP contribution is -2.08. The Balaban J connectivity index is 2.18. The number of fused-ring (bicyclic) bond motifs is 1. The van der Waals surface area contributed by atoms with Crippen molar-refractivity contribution in [2.75, 3.05) is 25.8 Å². The quantitative estimate of drug-likeness (QED) is 0.749. The summed E-state index contributed by atoms with van der Waals surface area (Å²) in [4.78, 5) is 8.67. The molecule has 1 aromatic heterocycles. The summed E-state index contributed by atoms with van der Waals surface area (Å²) < 4.78 is 34.9. The zero-order valence-electron chi connectivity index (χ0n) is 14.0. The molecule has 0 saturated heterocycles. The molecule has 2 aromatic carbocycles. The molecule has 0 bridgehead atoms. The van der Waals surface area contributed by atoms with Crippen LogP contribution in [0.2, 0.25) is 0 Å². The van der Waals surface area contributed by atoms with E-state index in [1.807, 2.05) is 6.07 Å². The van der Waals surface area contributed by atoms with Crippen LogP contribution in [0, 0.1) is 0 Å². The number of methoxy groups -OCH3 is 2. The minimum absolute atomic E-state index is 0.129. The summed E-state index contributed by atoms with van der Waals surface area (Å²) in [6.07, 6.45) is 1.10. The van der Waals surface area contributed by atoms with Crippen LogP contribution in [-0.4, -0.2) is 38.9 Å². The van der Waals surface area contributed by atoms with Gasteiger partial charge in [-0.05, 0) is 24.3 Å². The number of nitrogens with one attached hydrogen (secondary N) is 1. The highest BCUT2D eigenvalue weighted by Gasteiger charge is 2.19. The Bertz CT molecular complexity index is 1040. The highest BCUT2D eigenvalue weighted by molar-refractivity contribution is 7.90. The Morgan fingerprint density at radius 3 is 2.24 bits per heavy atom. The third-order valence-corrected chi connectivity index (χ3v) is 4.54. The van der Waals surface area contributed by atoms with Gasteiger partial charge in [-0.15, -0.1) is 0 Å². The smallest absolute Gasteiger partial charge is 0.198 e. The molecule has 3 aromatic rings. The van der Waals surface area contributed by atoms with E-state index < -0.39 is 9.84 Å². The van der Waals surface area contributed by atoms with Crippen LogP contribution in [0.3, 0.4) is 0 Å². The lowest BCUT2D eigenvalue weighted by atomic mass is 10.2. The lowest BCUT2D eigenvalue weighted by Gasteiger charge is -2.14. The van der Waals surface area contributed by atoms with Crippen molar-refractivity contribution in [2.45, 2.75) is 5.03 Å². The highest BCUT2D eigenvalue weighted by Crippen LogP contribution is 2.33. The molecule has 0 radical (unpaired) electrons. The molecule has 0 aliphatic carbocycles. The highest BCUT2D eigenvalue weighted by atomic mass is 32.2. The number of hydrogen-bond donors (Lipinski definition) is 1. The van der Waals surface area contributed by atoms with E-state index in [9.17, 15) is 8.42 Å². The van der Waals surface area contributed by atoms with Gasteiger partial charge in [-0.2, -0.15) is 0 Å². The van der Waals surface area contributed by atoms with Crippen LogP contribution in [0.4, 0.5) is 11.5 Å². The van der Waals surface area contributed by atoms with E-state index in [1.165, 1.54) is 7.11 Å². The number of hydrogen-bond acceptors (Lipinski definition) is 7. The van der Waals surface area contributed by atoms with Gasteiger partial charge in [0.25, 0.3) is 0 Å². The molecular formula is C17H17N3O4S. The average molecular weight is 359 g/mol. The third kappa shape index (κ3) is 3.48. The number of para-hydroxylation sites is 2. The van der Waals surface area contributed by atoms with Gasteiger partial charge < -0.3 is 14.8 Å². The van der Waals surface area contributed by atoms with Crippen LogP contribution >= 0.6 is 0 Å². The molecule has 25 heavy (non-hydrogen) atoms. The molecule has 1 N–H and O–H groups in total. The van der Waals surface area contributed by atoms with E-state index in [1.54, 1.807) is 43.5 Å². The van der Waals surface area contributed by atoms with E-state index in [0.29, 0.717) is 28.2 Å². The molecule has 0 saturated carbocycles. The Labute approximate surface area is 145 Å². The predicted molar refractivity (Wildman–Crippen MR) is 95.5 cm³/mol. The summed E-state index contributed by atoms with van der Waals surface area (Å²) in [5, 5.41) is 2.88. The van der Waals surface area contributed by atoms with Crippen molar-refractivity contribution in [1.29, 1.82) is 0 Å². The van der Waals surface area contributed by atoms with Gasteiger partial charge in [0.2, 0.25) is 0 Å². The van der Waals surface area contributed by atoms with Crippen molar-refractivity contribution in [3.63, 3.8) is 0 Å². The second-order valence-corrected chi connectivity index (χ2v) is 7.26. The molecule has 0 amide bonds.